The molecule has 0 atom stereocenters. The van der Waals surface area contributed by atoms with E-state index in [1.54, 1.807) is 0 Å². The smallest absolute Gasteiger partial charge is 0.131 e. The summed E-state index contributed by atoms with van der Waals surface area (Å²) in [5.74, 6) is 2.36. The lowest BCUT2D eigenvalue weighted by Crippen LogP contribution is -2.39. The number of rotatable bonds is 7. The van der Waals surface area contributed by atoms with Gasteiger partial charge in [-0.2, -0.15) is 5.10 Å². The van der Waals surface area contributed by atoms with Crippen LogP contribution in [0.4, 0.5) is 5.82 Å². The Morgan fingerprint density at radius 1 is 1.26 bits per heavy atom. The number of hydrogen-bond donors (Lipinski definition) is 0. The molecule has 0 bridgehead atoms. The third-order valence-electron chi connectivity index (χ3n) is 3.66. The lowest BCUT2D eigenvalue weighted by atomic mass is 10.1. The predicted molar refractivity (Wildman–Crippen MR) is 84.1 cm³/mol. The number of aryl methyl sites for hydroxylation is 2. The van der Waals surface area contributed by atoms with Crippen LogP contribution < -0.4 is 4.90 Å². The van der Waals surface area contributed by atoms with Crippen molar-refractivity contribution in [1.82, 2.24) is 9.78 Å². The van der Waals surface area contributed by atoms with E-state index in [0.29, 0.717) is 17.8 Å². The third kappa shape index (κ3) is 3.65. The first-order valence-electron chi connectivity index (χ1n) is 7.31. The van der Waals surface area contributed by atoms with Crippen LogP contribution in [0, 0.1) is 12.8 Å². The number of halogens is 1. The highest BCUT2D eigenvalue weighted by Gasteiger charge is 2.24. The summed E-state index contributed by atoms with van der Waals surface area (Å²) in [7, 11) is 2.02. The zero-order chi connectivity index (χ0) is 14.6. The normalized spacial score (nSPS) is 11.6. The Balaban J connectivity index is 3.23. The molecule has 0 aliphatic heterocycles. The molecule has 1 heterocycles. The van der Waals surface area contributed by atoms with Gasteiger partial charge in [0.05, 0.1) is 11.6 Å². The molecule has 0 unspecified atom stereocenters. The van der Waals surface area contributed by atoms with Crippen LogP contribution in [0.2, 0.25) is 0 Å². The van der Waals surface area contributed by atoms with Crippen molar-refractivity contribution in [3.63, 3.8) is 0 Å². The minimum Gasteiger partial charge on any atom is -0.353 e. The molecular formula is C15H28ClN3. The van der Waals surface area contributed by atoms with Crippen molar-refractivity contribution in [2.75, 3.05) is 11.4 Å². The summed E-state index contributed by atoms with van der Waals surface area (Å²) in [6, 6.07) is 0.555. The molecule has 0 saturated heterocycles. The molecule has 0 fully saturated rings. The van der Waals surface area contributed by atoms with Crippen molar-refractivity contribution in [3.8, 4) is 0 Å². The Hall–Kier alpha value is -0.700. The zero-order valence-electron chi connectivity index (χ0n) is 13.2. The van der Waals surface area contributed by atoms with Gasteiger partial charge in [0.15, 0.2) is 0 Å². The van der Waals surface area contributed by atoms with Gasteiger partial charge in [0.2, 0.25) is 0 Å². The van der Waals surface area contributed by atoms with Gasteiger partial charge < -0.3 is 4.90 Å². The summed E-state index contributed by atoms with van der Waals surface area (Å²) < 4.78 is 1.99. The minimum absolute atomic E-state index is 0.531. The molecule has 0 radical (unpaired) electrons. The molecule has 0 spiro atoms. The summed E-state index contributed by atoms with van der Waals surface area (Å²) in [5.41, 5.74) is 2.23. The Morgan fingerprint density at radius 2 is 1.84 bits per heavy atom. The second-order valence-corrected chi connectivity index (χ2v) is 5.93. The molecule has 1 rings (SSSR count). The molecule has 0 amide bonds. The molecule has 0 saturated carbocycles. The monoisotopic (exact) mass is 285 g/mol. The van der Waals surface area contributed by atoms with Crippen LogP contribution in [0.15, 0.2) is 0 Å². The number of nitrogens with zero attached hydrogens (tertiary/aromatic N) is 3. The van der Waals surface area contributed by atoms with Gasteiger partial charge in [-0.05, 0) is 25.7 Å². The van der Waals surface area contributed by atoms with E-state index in [1.807, 2.05) is 18.7 Å². The Kier molecular flexibility index (Phi) is 6.18. The number of alkyl halides is 1. The fourth-order valence-electron chi connectivity index (χ4n) is 2.74. The molecule has 0 N–H and O–H groups in total. The summed E-state index contributed by atoms with van der Waals surface area (Å²) in [6.07, 6.45) is 2.30. The van der Waals surface area contributed by atoms with Gasteiger partial charge in [0.25, 0.3) is 0 Å². The summed E-state index contributed by atoms with van der Waals surface area (Å²) in [5, 5.41) is 4.55. The SMILES string of the molecule is CCC(CC)N(CC(C)C)c1c(CCl)c(C)nn1C. The van der Waals surface area contributed by atoms with E-state index in [-0.39, 0.29) is 0 Å². The van der Waals surface area contributed by atoms with Crippen molar-refractivity contribution in [2.24, 2.45) is 13.0 Å². The van der Waals surface area contributed by atoms with Crippen LogP contribution in [-0.4, -0.2) is 22.4 Å². The summed E-state index contributed by atoms with van der Waals surface area (Å²) >= 11 is 6.14. The molecule has 110 valence electrons. The Labute approximate surface area is 122 Å². The quantitative estimate of drug-likeness (QED) is 0.703. The second kappa shape index (κ2) is 7.18. The van der Waals surface area contributed by atoms with Crippen LogP contribution in [0.5, 0.6) is 0 Å². The lowest BCUT2D eigenvalue weighted by Gasteiger charge is -2.34. The van der Waals surface area contributed by atoms with Crippen molar-refractivity contribution in [2.45, 2.75) is 59.4 Å². The number of anilines is 1. The van der Waals surface area contributed by atoms with Crippen LogP contribution in [0.25, 0.3) is 0 Å². The lowest BCUT2D eigenvalue weighted by molar-refractivity contribution is 0.493. The van der Waals surface area contributed by atoms with E-state index < -0.39 is 0 Å². The van der Waals surface area contributed by atoms with Crippen LogP contribution in [0.1, 0.15) is 51.8 Å². The number of hydrogen-bond acceptors (Lipinski definition) is 2. The predicted octanol–water partition coefficient (Wildman–Crippen LogP) is 4.12. The largest absolute Gasteiger partial charge is 0.353 e. The van der Waals surface area contributed by atoms with Crippen LogP contribution in [-0.2, 0) is 12.9 Å². The number of aromatic nitrogens is 2. The van der Waals surface area contributed by atoms with E-state index in [4.69, 9.17) is 11.6 Å². The van der Waals surface area contributed by atoms with Gasteiger partial charge in [0, 0.05) is 25.2 Å². The van der Waals surface area contributed by atoms with Crippen molar-refractivity contribution in [1.29, 1.82) is 0 Å². The van der Waals surface area contributed by atoms with Gasteiger partial charge in [0.1, 0.15) is 5.82 Å². The zero-order valence-corrected chi connectivity index (χ0v) is 14.0. The average molecular weight is 286 g/mol. The molecule has 0 aliphatic rings. The molecule has 0 aliphatic carbocycles. The maximum atomic E-state index is 6.14. The standard InChI is InChI=1S/C15H28ClN3/c1-7-13(8-2)19(10-11(3)4)15-14(9-16)12(5)17-18(15)6/h11,13H,7-10H2,1-6H3. The van der Waals surface area contributed by atoms with E-state index in [2.05, 4.69) is 37.7 Å². The first kappa shape index (κ1) is 16.4. The first-order valence-corrected chi connectivity index (χ1v) is 7.84. The topological polar surface area (TPSA) is 21.1 Å². The third-order valence-corrected chi connectivity index (χ3v) is 3.93. The maximum absolute atomic E-state index is 6.14. The Bertz CT molecular complexity index is 394. The Morgan fingerprint density at radius 3 is 2.26 bits per heavy atom. The molecule has 19 heavy (non-hydrogen) atoms. The second-order valence-electron chi connectivity index (χ2n) is 5.66. The maximum Gasteiger partial charge on any atom is 0.131 e. The van der Waals surface area contributed by atoms with Crippen LogP contribution >= 0.6 is 11.6 Å². The fraction of sp³-hybridized carbons (Fsp3) is 0.800. The first-order chi connectivity index (χ1) is 8.96. The molecule has 0 aromatic carbocycles. The fourth-order valence-corrected chi connectivity index (χ4v) is 3.05. The van der Waals surface area contributed by atoms with Gasteiger partial charge in [-0.1, -0.05) is 27.7 Å². The van der Waals surface area contributed by atoms with E-state index in [0.717, 1.165) is 25.1 Å². The van der Waals surface area contributed by atoms with Crippen molar-refractivity contribution < 1.29 is 0 Å². The van der Waals surface area contributed by atoms with Gasteiger partial charge in [-0.15, -0.1) is 11.6 Å². The summed E-state index contributed by atoms with van der Waals surface area (Å²) in [6.45, 7) is 12.1. The molecular weight excluding hydrogens is 258 g/mol. The molecule has 4 heteroatoms. The van der Waals surface area contributed by atoms with E-state index in [1.165, 1.54) is 11.4 Å². The van der Waals surface area contributed by atoms with Crippen LogP contribution in [0.3, 0.4) is 0 Å². The minimum atomic E-state index is 0.531. The highest BCUT2D eigenvalue weighted by atomic mass is 35.5. The highest BCUT2D eigenvalue weighted by Crippen LogP contribution is 2.29. The molecule has 1 aromatic rings. The summed E-state index contributed by atoms with van der Waals surface area (Å²) in [4.78, 5) is 2.50. The van der Waals surface area contributed by atoms with E-state index >= 15 is 0 Å². The van der Waals surface area contributed by atoms with Gasteiger partial charge in [-0.25, -0.2) is 0 Å². The van der Waals surface area contributed by atoms with Gasteiger partial charge >= 0.3 is 0 Å². The van der Waals surface area contributed by atoms with Crippen molar-refractivity contribution in [3.05, 3.63) is 11.3 Å². The average Bonchev–Trinajstić information content (AvgIpc) is 2.63. The van der Waals surface area contributed by atoms with Crippen molar-refractivity contribution >= 4 is 17.4 Å². The van der Waals surface area contributed by atoms with Gasteiger partial charge in [-0.3, -0.25) is 4.68 Å². The van der Waals surface area contributed by atoms with E-state index in [9.17, 15) is 0 Å². The molecule has 1 aromatic heterocycles. The highest BCUT2D eigenvalue weighted by molar-refractivity contribution is 6.17. The molecule has 3 nitrogen and oxygen atoms in total.